The van der Waals surface area contributed by atoms with Gasteiger partial charge in [0, 0.05) is 136 Å². The number of rotatable bonds is 6. The normalized spacial score (nSPS) is 12.4. The maximum absolute atomic E-state index is 6.32. The fourth-order valence-corrected chi connectivity index (χ4v) is 16.9. The van der Waals surface area contributed by atoms with Crippen molar-refractivity contribution in [2.24, 2.45) is 0 Å². The van der Waals surface area contributed by atoms with Crippen LogP contribution < -0.4 is 9.80 Å². The maximum atomic E-state index is 6.32. The molecule has 0 fully saturated rings. The third kappa shape index (κ3) is 6.43. The minimum atomic E-state index is 0.890. The van der Waals surface area contributed by atoms with E-state index in [2.05, 4.69) is 228 Å². The lowest BCUT2D eigenvalue weighted by atomic mass is 10.0. The second-order valence-corrected chi connectivity index (χ2v) is 24.7. The third-order valence-corrected chi connectivity index (χ3v) is 20.5. The summed E-state index contributed by atoms with van der Waals surface area (Å²) < 4.78 is 22.9. The van der Waals surface area contributed by atoms with Crippen LogP contribution in [0.2, 0.25) is 0 Å². The Morgan fingerprint density at radius 1 is 0.205 bits per heavy atom. The molecule has 0 aliphatic rings. The Kier molecular flexibility index (Phi) is 8.99. The molecular formula is C70H38N2O2S4. The molecule has 12 aromatic carbocycles. The van der Waals surface area contributed by atoms with Crippen LogP contribution in [0.1, 0.15) is 0 Å². The Bertz CT molecular complexity index is 5000. The van der Waals surface area contributed by atoms with E-state index in [-0.39, 0.29) is 0 Å². The fraction of sp³-hybridized carbons (Fsp3) is 0. The smallest absolute Gasteiger partial charge is 0.135 e. The number of thiophene rings is 4. The molecule has 0 unspecified atom stereocenters. The van der Waals surface area contributed by atoms with Gasteiger partial charge in [0.05, 0.1) is 0 Å². The van der Waals surface area contributed by atoms with E-state index in [1.165, 1.54) is 91.5 Å². The lowest BCUT2D eigenvalue weighted by Crippen LogP contribution is -2.09. The molecule has 0 spiro atoms. The summed E-state index contributed by atoms with van der Waals surface area (Å²) in [6.45, 7) is 0. The van der Waals surface area contributed by atoms with Gasteiger partial charge in [-0.3, -0.25) is 0 Å². The van der Waals surface area contributed by atoms with Gasteiger partial charge >= 0.3 is 0 Å². The van der Waals surface area contributed by atoms with Crippen molar-refractivity contribution in [3.05, 3.63) is 231 Å². The number of nitrogens with zero attached hydrogens (tertiary/aromatic N) is 2. The summed E-state index contributed by atoms with van der Waals surface area (Å²) in [4.78, 5) is 4.84. The zero-order chi connectivity index (χ0) is 50.7. The highest BCUT2D eigenvalue weighted by Crippen LogP contribution is 2.48. The van der Waals surface area contributed by atoms with Crippen molar-refractivity contribution in [3.63, 3.8) is 0 Å². The number of para-hydroxylation sites is 2. The van der Waals surface area contributed by atoms with Crippen molar-refractivity contribution in [3.8, 4) is 0 Å². The summed E-state index contributed by atoms with van der Waals surface area (Å²) in [6, 6.07) is 85.0. The number of hydrogen-bond acceptors (Lipinski definition) is 8. The van der Waals surface area contributed by atoms with Gasteiger partial charge in [-0.25, -0.2) is 0 Å². The molecule has 0 saturated carbocycles. The van der Waals surface area contributed by atoms with E-state index in [0.717, 1.165) is 78.0 Å². The summed E-state index contributed by atoms with van der Waals surface area (Å²) in [5, 5.41) is 17.2. The molecule has 6 heterocycles. The molecule has 0 aliphatic carbocycles. The monoisotopic (exact) mass is 1070 g/mol. The lowest BCUT2D eigenvalue weighted by Gasteiger charge is -2.26. The molecule has 18 rings (SSSR count). The van der Waals surface area contributed by atoms with Crippen LogP contribution in [0, 0.1) is 0 Å². The molecule has 78 heavy (non-hydrogen) atoms. The average Bonchev–Trinajstić information content (AvgIpc) is 4.41. The Labute approximate surface area is 460 Å². The molecule has 364 valence electrons. The van der Waals surface area contributed by atoms with Crippen LogP contribution in [0.4, 0.5) is 34.1 Å². The number of furan rings is 2. The average molecular weight is 1070 g/mol. The molecule has 6 aromatic heterocycles. The Morgan fingerprint density at radius 3 is 0.987 bits per heavy atom. The van der Waals surface area contributed by atoms with Gasteiger partial charge in [-0.1, -0.05) is 84.9 Å². The Hall–Kier alpha value is -9.02. The second-order valence-electron chi connectivity index (χ2n) is 20.4. The van der Waals surface area contributed by atoms with Gasteiger partial charge in [-0.05, 0) is 156 Å². The molecule has 0 amide bonds. The fourth-order valence-electron chi connectivity index (χ4n) is 12.4. The molecule has 8 heteroatoms. The van der Waals surface area contributed by atoms with Crippen LogP contribution in [0.3, 0.4) is 0 Å². The second kappa shape index (κ2) is 16.3. The van der Waals surface area contributed by atoms with E-state index < -0.39 is 0 Å². The molecular weight excluding hydrogens is 1030 g/mol. The van der Waals surface area contributed by atoms with E-state index in [4.69, 9.17) is 8.83 Å². The standard InChI is InChI=1S/C70H38N2O2S4/c1-5-13-59-47(9-1)53-33-41(19-25-61(53)73-59)71(43-21-27-65-57(35-43)49-11-3-7-15-63(49)75-65)45-17-23-51-55-29-39-32-68-56(30-40(39)31-67(55)77-69(51)37-45)52-24-18-46(38-70(52)78-68)72(42-20-26-62-54(34-42)48-10-2-6-14-60(48)74-62)44-22-28-66-58(36-44)50-12-4-8-16-64(50)76-66/h1-38H. The highest BCUT2D eigenvalue weighted by atomic mass is 32.1. The zero-order valence-corrected chi connectivity index (χ0v) is 44.5. The van der Waals surface area contributed by atoms with Crippen LogP contribution >= 0.6 is 45.3 Å². The first kappa shape index (κ1) is 43.1. The van der Waals surface area contributed by atoms with Crippen LogP contribution in [0.25, 0.3) is 135 Å². The minimum Gasteiger partial charge on any atom is -0.456 e. The van der Waals surface area contributed by atoms with Gasteiger partial charge in [-0.2, -0.15) is 0 Å². The first-order chi connectivity index (χ1) is 38.6. The van der Waals surface area contributed by atoms with Crippen LogP contribution in [-0.2, 0) is 0 Å². The van der Waals surface area contributed by atoms with Crippen LogP contribution in [-0.4, -0.2) is 0 Å². The summed E-state index contributed by atoms with van der Waals surface area (Å²) in [5.74, 6) is 0. The molecule has 4 nitrogen and oxygen atoms in total. The van der Waals surface area contributed by atoms with Crippen molar-refractivity contribution in [1.29, 1.82) is 0 Å². The molecule has 0 radical (unpaired) electrons. The van der Waals surface area contributed by atoms with Gasteiger partial charge in [0.25, 0.3) is 0 Å². The number of anilines is 6. The quantitative estimate of drug-likeness (QED) is 0.166. The predicted molar refractivity (Wildman–Crippen MR) is 339 cm³/mol. The van der Waals surface area contributed by atoms with Gasteiger partial charge in [-0.15, -0.1) is 45.3 Å². The van der Waals surface area contributed by atoms with Crippen molar-refractivity contribution >= 4 is 215 Å². The highest BCUT2D eigenvalue weighted by molar-refractivity contribution is 7.27. The predicted octanol–water partition coefficient (Wildman–Crippen LogP) is 23.0. The van der Waals surface area contributed by atoms with Gasteiger partial charge in [0.15, 0.2) is 0 Å². The van der Waals surface area contributed by atoms with Gasteiger partial charge in [0.1, 0.15) is 22.3 Å². The molecule has 0 bridgehead atoms. The minimum absolute atomic E-state index is 0.890. The summed E-state index contributed by atoms with van der Waals surface area (Å²) in [6.07, 6.45) is 0. The Morgan fingerprint density at radius 2 is 0.513 bits per heavy atom. The highest BCUT2D eigenvalue weighted by Gasteiger charge is 2.22. The zero-order valence-electron chi connectivity index (χ0n) is 41.3. The number of fused-ring (bicyclic) bond motifs is 19. The summed E-state index contributed by atoms with van der Waals surface area (Å²) >= 11 is 7.46. The first-order valence-electron chi connectivity index (χ1n) is 26.1. The van der Waals surface area contributed by atoms with E-state index in [0.29, 0.717) is 0 Å². The topological polar surface area (TPSA) is 32.8 Å². The molecule has 0 N–H and O–H groups in total. The largest absolute Gasteiger partial charge is 0.456 e. The summed E-state index contributed by atoms with van der Waals surface area (Å²) in [7, 11) is 0. The van der Waals surface area contributed by atoms with Crippen LogP contribution in [0.5, 0.6) is 0 Å². The number of hydrogen-bond donors (Lipinski definition) is 0. The maximum Gasteiger partial charge on any atom is 0.135 e. The van der Waals surface area contributed by atoms with Crippen LogP contribution in [0.15, 0.2) is 239 Å². The van der Waals surface area contributed by atoms with Crippen molar-refractivity contribution < 1.29 is 8.83 Å². The SMILES string of the molecule is c1ccc2c(c1)oc1ccc(N(c3ccc4c(c3)sc3cc5cc6c(cc5cc34)sc3cc(N(c4ccc5oc7ccccc7c5c4)c4ccc5sc7ccccc7c5c4)ccc36)c3ccc4sc5ccccc5c4c3)cc12. The molecule has 0 atom stereocenters. The third-order valence-electron chi connectivity index (χ3n) is 16.0. The summed E-state index contributed by atoms with van der Waals surface area (Å²) in [5.41, 5.74) is 10.2. The molecule has 0 aliphatic heterocycles. The van der Waals surface area contributed by atoms with E-state index in [1.54, 1.807) is 0 Å². The van der Waals surface area contributed by atoms with E-state index >= 15 is 0 Å². The van der Waals surface area contributed by atoms with Gasteiger partial charge in [0.2, 0.25) is 0 Å². The van der Waals surface area contributed by atoms with Gasteiger partial charge < -0.3 is 18.6 Å². The van der Waals surface area contributed by atoms with Crippen molar-refractivity contribution in [1.82, 2.24) is 0 Å². The number of benzene rings is 12. The van der Waals surface area contributed by atoms with Crippen molar-refractivity contribution in [2.45, 2.75) is 0 Å². The van der Waals surface area contributed by atoms with E-state index in [9.17, 15) is 0 Å². The first-order valence-corrected chi connectivity index (χ1v) is 29.4. The molecule has 0 saturated heterocycles. The lowest BCUT2D eigenvalue weighted by molar-refractivity contribution is 0.668. The van der Waals surface area contributed by atoms with Crippen molar-refractivity contribution in [2.75, 3.05) is 9.80 Å². The molecule has 18 aromatic rings. The van der Waals surface area contributed by atoms with E-state index in [1.807, 2.05) is 57.5 Å². The Balaban J connectivity index is 0.761.